The van der Waals surface area contributed by atoms with E-state index in [4.69, 9.17) is 4.74 Å². The Morgan fingerprint density at radius 3 is 2.07 bits per heavy atom. The summed E-state index contributed by atoms with van der Waals surface area (Å²) in [6.45, 7) is 0.214. The molecule has 0 atom stereocenters. The van der Waals surface area contributed by atoms with E-state index >= 15 is 0 Å². The molecule has 0 bridgehead atoms. The van der Waals surface area contributed by atoms with Gasteiger partial charge in [0.1, 0.15) is 6.61 Å². The summed E-state index contributed by atoms with van der Waals surface area (Å²) >= 11 is 0. The highest BCUT2D eigenvalue weighted by Crippen LogP contribution is 2.51. The molecule has 2 aliphatic carbocycles. The zero-order valence-corrected chi connectivity index (χ0v) is 16.3. The summed E-state index contributed by atoms with van der Waals surface area (Å²) in [6, 6.07) is 23.4. The molecule has 5 nitrogen and oxygen atoms in total. The summed E-state index contributed by atoms with van der Waals surface area (Å²) in [4.78, 5) is 24.3. The van der Waals surface area contributed by atoms with Gasteiger partial charge in [-0.15, -0.1) is 0 Å². The van der Waals surface area contributed by atoms with Gasteiger partial charge in [-0.25, -0.2) is 4.79 Å². The summed E-state index contributed by atoms with van der Waals surface area (Å²) < 4.78 is 5.59. The lowest BCUT2D eigenvalue weighted by atomic mass is 9.94. The van der Waals surface area contributed by atoms with Crippen molar-refractivity contribution in [3.05, 3.63) is 89.5 Å². The monoisotopic (exact) mass is 399 g/mol. The van der Waals surface area contributed by atoms with E-state index < -0.39 is 17.5 Å². The van der Waals surface area contributed by atoms with Gasteiger partial charge in [-0.3, -0.25) is 10.1 Å². The van der Waals surface area contributed by atoms with Crippen molar-refractivity contribution in [2.45, 2.75) is 24.2 Å². The molecule has 0 aliphatic heterocycles. The summed E-state index contributed by atoms with van der Waals surface area (Å²) in [6.07, 6.45) is 0.572. The standard InChI is InChI=1S/C25H21NO4/c27-23(28)25(13-14-25)21-11-5-6-12-22(21)26-24(29)30-15-20-18-9-3-1-7-16(18)17-8-2-4-10-19(17)20/h1-12,20H,13-15H2,(H,26,29)(H,27,28). The van der Waals surface area contributed by atoms with Crippen LogP contribution in [0.25, 0.3) is 11.1 Å². The molecule has 3 aromatic carbocycles. The number of carboxylic acid groups (broad SMARTS) is 1. The molecular formula is C25H21NO4. The molecule has 150 valence electrons. The van der Waals surface area contributed by atoms with Gasteiger partial charge in [0.25, 0.3) is 0 Å². The number of aliphatic carboxylic acids is 1. The highest BCUT2D eigenvalue weighted by molar-refractivity contribution is 5.92. The van der Waals surface area contributed by atoms with Crippen LogP contribution < -0.4 is 5.32 Å². The predicted molar refractivity (Wildman–Crippen MR) is 114 cm³/mol. The Bertz CT molecular complexity index is 1100. The van der Waals surface area contributed by atoms with Crippen molar-refractivity contribution in [2.75, 3.05) is 11.9 Å². The smallest absolute Gasteiger partial charge is 0.411 e. The molecule has 5 rings (SSSR count). The van der Waals surface area contributed by atoms with Gasteiger partial charge in [0.15, 0.2) is 0 Å². The lowest BCUT2D eigenvalue weighted by Crippen LogP contribution is -2.24. The summed E-state index contributed by atoms with van der Waals surface area (Å²) in [7, 11) is 0. The van der Waals surface area contributed by atoms with E-state index in [1.54, 1.807) is 24.3 Å². The molecule has 1 fully saturated rings. The Kier molecular flexibility index (Phi) is 4.31. The number of anilines is 1. The Balaban J connectivity index is 1.33. The van der Waals surface area contributed by atoms with Crippen LogP contribution in [0, 0.1) is 0 Å². The van der Waals surface area contributed by atoms with Gasteiger partial charge >= 0.3 is 12.1 Å². The molecular weight excluding hydrogens is 378 g/mol. The topological polar surface area (TPSA) is 75.6 Å². The first-order valence-corrected chi connectivity index (χ1v) is 10.0. The lowest BCUT2D eigenvalue weighted by Gasteiger charge is -2.18. The van der Waals surface area contributed by atoms with E-state index in [-0.39, 0.29) is 12.5 Å². The van der Waals surface area contributed by atoms with E-state index in [0.717, 1.165) is 11.1 Å². The quantitative estimate of drug-likeness (QED) is 0.621. The summed E-state index contributed by atoms with van der Waals surface area (Å²) in [5.74, 6) is -0.878. The van der Waals surface area contributed by atoms with Gasteiger partial charge in [0.2, 0.25) is 0 Å². The van der Waals surface area contributed by atoms with Gasteiger partial charge < -0.3 is 9.84 Å². The number of hydrogen-bond acceptors (Lipinski definition) is 3. The number of rotatable bonds is 5. The fourth-order valence-corrected chi connectivity index (χ4v) is 4.48. The van der Waals surface area contributed by atoms with Crippen molar-refractivity contribution < 1.29 is 19.4 Å². The highest BCUT2D eigenvalue weighted by Gasteiger charge is 2.53. The van der Waals surface area contributed by atoms with Crippen LogP contribution in [0.5, 0.6) is 0 Å². The number of carbonyl (C=O) groups excluding carboxylic acids is 1. The number of carbonyl (C=O) groups is 2. The van der Waals surface area contributed by atoms with Crippen LogP contribution in [0.1, 0.15) is 35.4 Å². The molecule has 2 N–H and O–H groups in total. The van der Waals surface area contributed by atoms with Crippen LogP contribution in [0.15, 0.2) is 72.8 Å². The normalized spacial score (nSPS) is 15.7. The molecule has 0 heterocycles. The van der Waals surface area contributed by atoms with E-state index in [9.17, 15) is 14.7 Å². The third-order valence-corrected chi connectivity index (χ3v) is 6.18. The second-order valence-electron chi connectivity index (χ2n) is 7.88. The number of benzene rings is 3. The third kappa shape index (κ3) is 2.94. The highest BCUT2D eigenvalue weighted by atomic mass is 16.5. The van der Waals surface area contributed by atoms with Crippen molar-refractivity contribution in [3.8, 4) is 11.1 Å². The van der Waals surface area contributed by atoms with Crippen LogP contribution in [0.3, 0.4) is 0 Å². The zero-order valence-electron chi connectivity index (χ0n) is 16.3. The van der Waals surface area contributed by atoms with E-state index in [1.807, 2.05) is 24.3 Å². The minimum Gasteiger partial charge on any atom is -0.481 e. The maximum atomic E-state index is 12.6. The first kappa shape index (κ1) is 18.4. The number of fused-ring (bicyclic) bond motifs is 3. The lowest BCUT2D eigenvalue weighted by molar-refractivity contribution is -0.140. The fraction of sp³-hybridized carbons (Fsp3) is 0.200. The average molecular weight is 399 g/mol. The second-order valence-corrected chi connectivity index (χ2v) is 7.88. The number of amides is 1. The zero-order chi connectivity index (χ0) is 20.7. The molecule has 0 saturated heterocycles. The molecule has 0 aromatic heterocycles. The predicted octanol–water partition coefficient (Wildman–Crippen LogP) is 5.16. The van der Waals surface area contributed by atoms with Crippen molar-refractivity contribution in [1.82, 2.24) is 0 Å². The van der Waals surface area contributed by atoms with E-state index in [1.165, 1.54) is 11.1 Å². The molecule has 0 unspecified atom stereocenters. The Morgan fingerprint density at radius 2 is 1.47 bits per heavy atom. The molecule has 2 aliphatic rings. The Labute approximate surface area is 174 Å². The molecule has 0 spiro atoms. The van der Waals surface area contributed by atoms with Crippen LogP contribution >= 0.6 is 0 Å². The first-order valence-electron chi connectivity index (χ1n) is 10.0. The second kappa shape index (κ2) is 7.02. The van der Waals surface area contributed by atoms with Gasteiger partial charge in [0.05, 0.1) is 5.41 Å². The van der Waals surface area contributed by atoms with Crippen LogP contribution in [-0.4, -0.2) is 23.8 Å². The summed E-state index contributed by atoms with van der Waals surface area (Å²) in [5, 5.41) is 12.4. The molecule has 0 radical (unpaired) electrons. The largest absolute Gasteiger partial charge is 0.481 e. The van der Waals surface area contributed by atoms with Gasteiger partial charge in [-0.2, -0.15) is 0 Å². The van der Waals surface area contributed by atoms with E-state index in [0.29, 0.717) is 24.1 Å². The first-order chi connectivity index (χ1) is 14.6. The fourth-order valence-electron chi connectivity index (χ4n) is 4.48. The number of hydrogen-bond donors (Lipinski definition) is 2. The molecule has 3 aromatic rings. The van der Waals surface area contributed by atoms with Gasteiger partial charge in [0, 0.05) is 11.6 Å². The minimum absolute atomic E-state index is 0.0211. The molecule has 5 heteroatoms. The maximum Gasteiger partial charge on any atom is 0.411 e. The minimum atomic E-state index is -0.896. The molecule has 1 amide bonds. The number of carboxylic acids is 1. The average Bonchev–Trinajstić information content (AvgIpc) is 3.51. The Morgan fingerprint density at radius 1 is 0.900 bits per heavy atom. The number of ether oxygens (including phenoxy) is 1. The van der Waals surface area contributed by atoms with Crippen LogP contribution in [0.2, 0.25) is 0 Å². The maximum absolute atomic E-state index is 12.6. The van der Waals surface area contributed by atoms with Crippen LogP contribution in [-0.2, 0) is 14.9 Å². The van der Waals surface area contributed by atoms with E-state index in [2.05, 4.69) is 29.6 Å². The van der Waals surface area contributed by atoms with Gasteiger partial charge in [-0.05, 0) is 46.7 Å². The summed E-state index contributed by atoms with van der Waals surface area (Å²) in [5.41, 5.74) is 4.87. The Hall–Kier alpha value is -3.60. The third-order valence-electron chi connectivity index (χ3n) is 6.18. The molecule has 1 saturated carbocycles. The SMILES string of the molecule is O=C(Nc1ccccc1C1(C(=O)O)CC1)OCC1c2ccccc2-c2ccccc21. The van der Waals surface area contributed by atoms with Crippen molar-refractivity contribution in [1.29, 1.82) is 0 Å². The van der Waals surface area contributed by atoms with Crippen LogP contribution in [0.4, 0.5) is 10.5 Å². The number of para-hydroxylation sites is 1. The molecule has 30 heavy (non-hydrogen) atoms. The van der Waals surface area contributed by atoms with Crippen molar-refractivity contribution >= 4 is 17.7 Å². The number of nitrogens with one attached hydrogen (secondary N) is 1. The van der Waals surface area contributed by atoms with Gasteiger partial charge in [-0.1, -0.05) is 66.7 Å². The van der Waals surface area contributed by atoms with Crippen molar-refractivity contribution in [2.24, 2.45) is 0 Å². The van der Waals surface area contributed by atoms with Crippen molar-refractivity contribution in [3.63, 3.8) is 0 Å².